The first kappa shape index (κ1) is 13.2. The van der Waals surface area contributed by atoms with E-state index in [0.29, 0.717) is 6.54 Å². The molecule has 5 heteroatoms. The van der Waals surface area contributed by atoms with E-state index < -0.39 is 0 Å². The average molecular weight is 275 g/mol. The molecule has 3 N–H and O–H groups in total. The number of anilines is 2. The van der Waals surface area contributed by atoms with Crippen LogP contribution < -0.4 is 10.6 Å². The van der Waals surface area contributed by atoms with Gasteiger partial charge in [0.1, 0.15) is 0 Å². The van der Waals surface area contributed by atoms with E-state index in [4.69, 9.17) is 0 Å². The Balaban J connectivity index is 1.83. The number of aliphatic hydroxyl groups is 1. The molecule has 1 atom stereocenters. The number of hydrogen-bond acceptors (Lipinski definition) is 4. The fourth-order valence-corrected chi connectivity index (χ4v) is 3.02. The molecule has 0 saturated carbocycles. The van der Waals surface area contributed by atoms with E-state index in [0.717, 1.165) is 49.4 Å². The Bertz CT molecular complexity index is 504. The van der Waals surface area contributed by atoms with E-state index in [9.17, 15) is 9.90 Å². The molecule has 108 valence electrons. The van der Waals surface area contributed by atoms with Crippen molar-refractivity contribution in [1.82, 2.24) is 4.90 Å². The minimum absolute atomic E-state index is 0.0659. The van der Waals surface area contributed by atoms with Crippen molar-refractivity contribution in [3.05, 3.63) is 23.8 Å². The van der Waals surface area contributed by atoms with Crippen molar-refractivity contribution in [2.24, 2.45) is 5.92 Å². The summed E-state index contributed by atoms with van der Waals surface area (Å²) in [5.74, 6) is 0.287. The van der Waals surface area contributed by atoms with Gasteiger partial charge >= 0.3 is 0 Å². The number of fused-ring (bicyclic) bond motifs is 1. The molecule has 0 spiro atoms. The molecule has 1 aromatic rings. The fourth-order valence-electron chi connectivity index (χ4n) is 3.02. The predicted molar refractivity (Wildman–Crippen MR) is 79.1 cm³/mol. The first-order chi connectivity index (χ1) is 9.79. The minimum Gasteiger partial charge on any atom is -0.396 e. The normalized spacial score (nSPS) is 21.6. The van der Waals surface area contributed by atoms with Crippen LogP contribution >= 0.6 is 0 Å². The van der Waals surface area contributed by atoms with Gasteiger partial charge in [-0.2, -0.15) is 0 Å². The highest BCUT2D eigenvalue weighted by Crippen LogP contribution is 2.30. The highest BCUT2D eigenvalue weighted by atomic mass is 16.3. The first-order valence-electron chi connectivity index (χ1n) is 7.30. The second-order valence-electron chi connectivity index (χ2n) is 5.52. The van der Waals surface area contributed by atoms with Crippen molar-refractivity contribution < 1.29 is 9.90 Å². The zero-order valence-corrected chi connectivity index (χ0v) is 11.6. The Morgan fingerprint density at radius 2 is 2.20 bits per heavy atom. The predicted octanol–water partition coefficient (Wildman–Crippen LogP) is 1.37. The number of piperidine rings is 1. The van der Waals surface area contributed by atoms with Gasteiger partial charge in [-0.25, -0.2) is 0 Å². The van der Waals surface area contributed by atoms with Gasteiger partial charge in [0.25, 0.3) is 5.91 Å². The Morgan fingerprint density at radius 3 is 3.05 bits per heavy atom. The summed E-state index contributed by atoms with van der Waals surface area (Å²) >= 11 is 0. The Kier molecular flexibility index (Phi) is 3.78. The average Bonchev–Trinajstić information content (AvgIpc) is 2.53. The molecule has 0 radical (unpaired) electrons. The van der Waals surface area contributed by atoms with Gasteiger partial charge in [-0.3, -0.25) is 4.79 Å². The smallest absolute Gasteiger partial charge is 0.256 e. The van der Waals surface area contributed by atoms with Crippen molar-refractivity contribution in [2.75, 3.05) is 43.4 Å². The summed E-state index contributed by atoms with van der Waals surface area (Å²) in [6.07, 6.45) is 1.98. The Morgan fingerprint density at radius 1 is 1.35 bits per heavy atom. The molecular weight excluding hydrogens is 254 g/mol. The van der Waals surface area contributed by atoms with Crippen LogP contribution in [0.5, 0.6) is 0 Å². The molecule has 2 aliphatic rings. The van der Waals surface area contributed by atoms with Gasteiger partial charge in [-0.15, -0.1) is 0 Å². The summed E-state index contributed by atoms with van der Waals surface area (Å²) in [5, 5.41) is 15.9. The third-order valence-corrected chi connectivity index (χ3v) is 4.10. The number of aliphatic hydroxyl groups excluding tert-OH is 1. The number of amides is 1. The second-order valence-corrected chi connectivity index (χ2v) is 5.52. The van der Waals surface area contributed by atoms with Crippen LogP contribution in [0.2, 0.25) is 0 Å². The number of benzene rings is 1. The summed E-state index contributed by atoms with van der Waals surface area (Å²) in [5.41, 5.74) is 2.64. The van der Waals surface area contributed by atoms with Gasteiger partial charge in [-0.05, 0) is 30.9 Å². The topological polar surface area (TPSA) is 64.6 Å². The van der Waals surface area contributed by atoms with E-state index >= 15 is 0 Å². The lowest BCUT2D eigenvalue weighted by Crippen LogP contribution is -2.41. The summed E-state index contributed by atoms with van der Waals surface area (Å²) in [7, 11) is 0. The van der Waals surface area contributed by atoms with Crippen LogP contribution in [-0.2, 0) is 0 Å². The molecule has 0 bridgehead atoms. The van der Waals surface area contributed by atoms with Crippen LogP contribution in [0.4, 0.5) is 11.4 Å². The maximum Gasteiger partial charge on any atom is 0.256 e. The van der Waals surface area contributed by atoms with E-state index in [-0.39, 0.29) is 18.4 Å². The van der Waals surface area contributed by atoms with Crippen molar-refractivity contribution in [1.29, 1.82) is 0 Å². The zero-order chi connectivity index (χ0) is 13.9. The molecule has 1 saturated heterocycles. The number of carbonyl (C=O) groups excluding carboxylic acids is 1. The summed E-state index contributed by atoms with van der Waals surface area (Å²) in [4.78, 5) is 14.6. The van der Waals surface area contributed by atoms with E-state index in [2.05, 4.69) is 10.6 Å². The summed E-state index contributed by atoms with van der Waals surface area (Å²) in [6, 6.07) is 5.79. The molecule has 0 aromatic heterocycles. The lowest BCUT2D eigenvalue weighted by atomic mass is 9.98. The lowest BCUT2D eigenvalue weighted by molar-refractivity contribution is 0.0621. The zero-order valence-electron chi connectivity index (χ0n) is 11.6. The largest absolute Gasteiger partial charge is 0.396 e. The molecule has 1 amide bonds. The van der Waals surface area contributed by atoms with Gasteiger partial charge in [0.2, 0.25) is 0 Å². The quantitative estimate of drug-likeness (QED) is 0.763. The van der Waals surface area contributed by atoms with E-state index in [1.807, 2.05) is 23.1 Å². The van der Waals surface area contributed by atoms with Crippen molar-refractivity contribution in [3.63, 3.8) is 0 Å². The Hall–Kier alpha value is -1.75. The number of nitrogens with zero attached hydrogens (tertiary/aromatic N) is 1. The van der Waals surface area contributed by atoms with Gasteiger partial charge in [0.15, 0.2) is 0 Å². The number of carbonyl (C=O) groups is 1. The van der Waals surface area contributed by atoms with Crippen molar-refractivity contribution in [2.45, 2.75) is 12.8 Å². The van der Waals surface area contributed by atoms with Gasteiger partial charge in [0, 0.05) is 32.8 Å². The van der Waals surface area contributed by atoms with E-state index in [1.165, 1.54) is 0 Å². The molecule has 2 heterocycles. The third kappa shape index (κ3) is 2.45. The maximum absolute atomic E-state index is 12.7. The third-order valence-electron chi connectivity index (χ3n) is 4.10. The lowest BCUT2D eigenvalue weighted by Gasteiger charge is -2.33. The molecule has 1 aromatic carbocycles. The maximum atomic E-state index is 12.7. The van der Waals surface area contributed by atoms with Gasteiger partial charge < -0.3 is 20.6 Å². The molecule has 5 nitrogen and oxygen atoms in total. The van der Waals surface area contributed by atoms with Crippen LogP contribution in [0.25, 0.3) is 0 Å². The molecule has 20 heavy (non-hydrogen) atoms. The first-order valence-corrected chi connectivity index (χ1v) is 7.30. The standard InChI is InChI=1S/C15H21N3O2/c19-10-11-3-2-8-18(9-11)15(20)12-4-1-5-13-14(12)17-7-6-16-13/h1,4-5,11,16-17,19H,2-3,6-10H2. The molecule has 1 fully saturated rings. The molecule has 1 unspecified atom stereocenters. The van der Waals surface area contributed by atoms with E-state index in [1.54, 1.807) is 0 Å². The van der Waals surface area contributed by atoms with Crippen molar-refractivity contribution in [3.8, 4) is 0 Å². The summed E-state index contributed by atoms with van der Waals surface area (Å²) < 4.78 is 0. The van der Waals surface area contributed by atoms with Crippen molar-refractivity contribution >= 4 is 17.3 Å². The SMILES string of the molecule is O=C(c1cccc2c1NCCN2)N1CCCC(CO)C1. The number of likely N-dealkylation sites (tertiary alicyclic amines) is 1. The van der Waals surface area contributed by atoms with Gasteiger partial charge in [-0.1, -0.05) is 6.07 Å². The molecule has 2 aliphatic heterocycles. The van der Waals surface area contributed by atoms with Crippen LogP contribution in [0, 0.1) is 5.92 Å². The van der Waals surface area contributed by atoms with Crippen LogP contribution in [0.15, 0.2) is 18.2 Å². The number of rotatable bonds is 2. The number of para-hydroxylation sites is 1. The molecule has 3 rings (SSSR count). The molecule has 0 aliphatic carbocycles. The molecular formula is C15H21N3O2. The highest BCUT2D eigenvalue weighted by Gasteiger charge is 2.26. The highest BCUT2D eigenvalue weighted by molar-refractivity contribution is 6.02. The Labute approximate surface area is 119 Å². The fraction of sp³-hybridized carbons (Fsp3) is 0.533. The van der Waals surface area contributed by atoms with Crippen LogP contribution in [0.3, 0.4) is 0 Å². The van der Waals surface area contributed by atoms with Gasteiger partial charge in [0.05, 0.1) is 16.9 Å². The van der Waals surface area contributed by atoms with Crippen LogP contribution in [0.1, 0.15) is 23.2 Å². The van der Waals surface area contributed by atoms with Crippen LogP contribution in [-0.4, -0.2) is 48.7 Å². The number of hydrogen-bond donors (Lipinski definition) is 3. The number of nitrogens with one attached hydrogen (secondary N) is 2. The summed E-state index contributed by atoms with van der Waals surface area (Å²) in [6.45, 7) is 3.31. The monoisotopic (exact) mass is 275 g/mol. The second kappa shape index (κ2) is 5.71. The minimum atomic E-state index is 0.0659.